The first-order valence-corrected chi connectivity index (χ1v) is 14.7. The Bertz CT molecular complexity index is 1470. The summed E-state index contributed by atoms with van der Waals surface area (Å²) in [4.78, 5) is 37.5. The lowest BCUT2D eigenvalue weighted by Gasteiger charge is -2.34. The monoisotopic (exact) mass is 587 g/mol. The summed E-state index contributed by atoms with van der Waals surface area (Å²) < 4.78 is 19.1. The Morgan fingerprint density at radius 3 is 2.31 bits per heavy atom. The number of piperidine rings is 1. The van der Waals surface area contributed by atoms with Crippen molar-refractivity contribution in [2.75, 3.05) is 31.1 Å². The molecular weight excluding hydrogens is 557 g/mol. The average molecular weight is 588 g/mol. The molecule has 2 amide bonds. The molecule has 1 aliphatic carbocycles. The molecule has 0 radical (unpaired) electrons. The van der Waals surface area contributed by atoms with Gasteiger partial charge in [0.15, 0.2) is 0 Å². The minimum atomic E-state index is -0.480. The normalized spacial score (nSPS) is 20.7. The van der Waals surface area contributed by atoms with Crippen LogP contribution in [0.3, 0.4) is 0 Å². The van der Waals surface area contributed by atoms with Gasteiger partial charge < -0.3 is 14.5 Å². The number of benzene rings is 2. The third-order valence-corrected chi connectivity index (χ3v) is 8.75. The number of pyridine rings is 1. The van der Waals surface area contributed by atoms with Gasteiger partial charge in [0, 0.05) is 49.1 Å². The highest BCUT2D eigenvalue weighted by molar-refractivity contribution is 6.30. The quantitative estimate of drug-likeness (QED) is 0.372. The van der Waals surface area contributed by atoms with Gasteiger partial charge in [-0.2, -0.15) is 5.26 Å². The molecule has 0 spiro atoms. The number of amides is 2. The van der Waals surface area contributed by atoms with Gasteiger partial charge in [-0.05, 0) is 79.8 Å². The maximum atomic E-state index is 13.9. The van der Waals surface area contributed by atoms with Crippen molar-refractivity contribution in [2.45, 2.75) is 43.7 Å². The molecule has 6 rings (SSSR count). The Morgan fingerprint density at radius 1 is 0.976 bits per heavy atom. The summed E-state index contributed by atoms with van der Waals surface area (Å²) in [6, 6.07) is 18.4. The smallest absolute Gasteiger partial charge is 0.410 e. The van der Waals surface area contributed by atoms with Crippen LogP contribution < -0.4 is 9.64 Å². The predicted molar refractivity (Wildman–Crippen MR) is 156 cm³/mol. The van der Waals surface area contributed by atoms with Crippen LogP contribution in [0.1, 0.15) is 42.9 Å². The SMILES string of the molecule is N#Cc1ccc(N2CCC(C(=O)N3C[C@@H](N(C(=O)Oc4ccc(F)cc4)C4CC4)[C@H](c4ccc(Cl)cc4)C3)CC2)cn1. The second kappa shape index (κ2) is 12.0. The van der Waals surface area contributed by atoms with E-state index in [2.05, 4.69) is 9.88 Å². The molecule has 3 aromatic rings. The molecule has 3 heterocycles. The molecule has 2 aliphatic heterocycles. The average Bonchev–Trinajstić information content (AvgIpc) is 3.76. The molecular formula is C32H31ClFN5O3. The van der Waals surface area contributed by atoms with Crippen LogP contribution in [0.4, 0.5) is 14.9 Å². The molecule has 1 aromatic heterocycles. The Kier molecular flexibility index (Phi) is 7.98. The van der Waals surface area contributed by atoms with Crippen molar-refractivity contribution in [3.8, 4) is 11.8 Å². The molecule has 0 unspecified atom stereocenters. The van der Waals surface area contributed by atoms with E-state index in [4.69, 9.17) is 21.6 Å². The van der Waals surface area contributed by atoms with Gasteiger partial charge in [-0.25, -0.2) is 14.2 Å². The van der Waals surface area contributed by atoms with E-state index < -0.39 is 11.9 Å². The maximum Gasteiger partial charge on any atom is 0.415 e. The number of halogens is 2. The van der Waals surface area contributed by atoms with Crippen molar-refractivity contribution in [1.29, 1.82) is 5.26 Å². The minimum absolute atomic E-state index is 0.0390. The van der Waals surface area contributed by atoms with Gasteiger partial charge in [0.05, 0.1) is 17.9 Å². The van der Waals surface area contributed by atoms with E-state index in [0.717, 1.165) is 37.2 Å². The minimum Gasteiger partial charge on any atom is -0.410 e. The molecule has 3 aliphatic rings. The molecule has 1 saturated carbocycles. The number of likely N-dealkylation sites (tertiary alicyclic amines) is 1. The number of nitrogens with zero attached hydrogens (tertiary/aromatic N) is 5. The van der Waals surface area contributed by atoms with E-state index in [-0.39, 0.29) is 35.6 Å². The van der Waals surface area contributed by atoms with Crippen LogP contribution in [0.2, 0.25) is 5.02 Å². The molecule has 0 N–H and O–H groups in total. The Balaban J connectivity index is 1.18. The van der Waals surface area contributed by atoms with Crippen LogP contribution in [-0.4, -0.2) is 65.0 Å². The van der Waals surface area contributed by atoms with E-state index in [1.54, 1.807) is 17.2 Å². The Labute approximate surface area is 249 Å². The standard InChI is InChI=1S/C32H31ClFN5O3/c33-23-3-1-21(2-4-23)29-19-38(31(40)22-13-15-37(16-14-22)27-8-7-25(17-35)36-18-27)20-30(29)39(26-9-10-26)32(41)42-28-11-5-24(34)6-12-28/h1-8,11-12,18,22,26,29-30H,9-10,13-16,19-20H2/t29-,30+/m0/s1. The van der Waals surface area contributed by atoms with Crippen LogP contribution in [0.25, 0.3) is 0 Å². The van der Waals surface area contributed by atoms with Crippen LogP contribution in [-0.2, 0) is 4.79 Å². The van der Waals surface area contributed by atoms with Gasteiger partial charge in [-0.15, -0.1) is 0 Å². The van der Waals surface area contributed by atoms with E-state index in [1.165, 1.54) is 24.3 Å². The van der Waals surface area contributed by atoms with Gasteiger partial charge in [0.25, 0.3) is 0 Å². The fraction of sp³-hybridized carbons (Fsp3) is 0.375. The van der Waals surface area contributed by atoms with E-state index in [9.17, 15) is 14.0 Å². The first-order chi connectivity index (χ1) is 20.4. The number of rotatable bonds is 6. The highest BCUT2D eigenvalue weighted by Crippen LogP contribution is 2.39. The summed E-state index contributed by atoms with van der Waals surface area (Å²) >= 11 is 6.18. The second-order valence-corrected chi connectivity index (χ2v) is 11.6. The van der Waals surface area contributed by atoms with Crippen molar-refractivity contribution in [2.24, 2.45) is 5.92 Å². The summed E-state index contributed by atoms with van der Waals surface area (Å²) in [5.41, 5.74) is 2.34. The van der Waals surface area contributed by atoms with Gasteiger partial charge in [-0.3, -0.25) is 9.69 Å². The summed E-state index contributed by atoms with van der Waals surface area (Å²) in [5, 5.41) is 9.64. The summed E-state index contributed by atoms with van der Waals surface area (Å²) in [7, 11) is 0. The lowest BCUT2D eigenvalue weighted by Crippen LogP contribution is -2.48. The number of nitriles is 1. The van der Waals surface area contributed by atoms with Crippen LogP contribution in [0.15, 0.2) is 66.9 Å². The lowest BCUT2D eigenvalue weighted by atomic mass is 9.93. The highest BCUT2D eigenvalue weighted by atomic mass is 35.5. The van der Waals surface area contributed by atoms with E-state index in [0.29, 0.717) is 36.6 Å². The summed E-state index contributed by atoms with van der Waals surface area (Å²) in [6.45, 7) is 2.36. The molecule has 42 heavy (non-hydrogen) atoms. The lowest BCUT2D eigenvalue weighted by molar-refractivity contribution is -0.135. The molecule has 216 valence electrons. The van der Waals surface area contributed by atoms with Crippen LogP contribution in [0.5, 0.6) is 5.75 Å². The van der Waals surface area contributed by atoms with Crippen molar-refractivity contribution in [3.63, 3.8) is 0 Å². The number of anilines is 1. The zero-order valence-electron chi connectivity index (χ0n) is 23.0. The molecule has 2 aromatic carbocycles. The zero-order chi connectivity index (χ0) is 29.2. The molecule has 3 fully saturated rings. The molecule has 2 atom stereocenters. The first-order valence-electron chi connectivity index (χ1n) is 14.3. The second-order valence-electron chi connectivity index (χ2n) is 11.2. The van der Waals surface area contributed by atoms with Gasteiger partial charge in [0.1, 0.15) is 23.3 Å². The van der Waals surface area contributed by atoms with Gasteiger partial charge in [0.2, 0.25) is 5.91 Å². The molecule has 2 saturated heterocycles. The van der Waals surface area contributed by atoms with Crippen molar-refractivity contribution >= 4 is 29.3 Å². The van der Waals surface area contributed by atoms with Crippen molar-refractivity contribution in [3.05, 3.63) is 89.0 Å². The Morgan fingerprint density at radius 2 is 1.69 bits per heavy atom. The Hall–Kier alpha value is -4.16. The predicted octanol–water partition coefficient (Wildman–Crippen LogP) is 5.62. The number of carbonyl (C=O) groups excluding carboxylic acids is 2. The third-order valence-electron chi connectivity index (χ3n) is 8.50. The number of aromatic nitrogens is 1. The van der Waals surface area contributed by atoms with Crippen LogP contribution >= 0.6 is 11.6 Å². The molecule has 0 bridgehead atoms. The fourth-order valence-corrected chi connectivity index (χ4v) is 6.26. The van der Waals surface area contributed by atoms with E-state index >= 15 is 0 Å². The summed E-state index contributed by atoms with van der Waals surface area (Å²) in [5.74, 6) is -0.224. The third kappa shape index (κ3) is 6.04. The molecule has 10 heteroatoms. The number of hydrogen-bond donors (Lipinski definition) is 0. The fourth-order valence-electron chi connectivity index (χ4n) is 6.13. The number of hydrogen-bond acceptors (Lipinski definition) is 6. The number of ether oxygens (including phenoxy) is 1. The van der Waals surface area contributed by atoms with E-state index in [1.807, 2.05) is 41.3 Å². The first kappa shape index (κ1) is 28.0. The van der Waals surface area contributed by atoms with Crippen molar-refractivity contribution < 1.29 is 18.7 Å². The summed E-state index contributed by atoms with van der Waals surface area (Å²) in [6.07, 6.45) is 4.40. The number of carbonyl (C=O) groups is 2. The largest absolute Gasteiger partial charge is 0.415 e. The van der Waals surface area contributed by atoms with Gasteiger partial charge in [-0.1, -0.05) is 23.7 Å². The maximum absolute atomic E-state index is 13.9. The molecule has 8 nitrogen and oxygen atoms in total. The van der Waals surface area contributed by atoms with Gasteiger partial charge >= 0.3 is 6.09 Å². The highest BCUT2D eigenvalue weighted by Gasteiger charge is 2.48. The topological polar surface area (TPSA) is 89.8 Å². The van der Waals surface area contributed by atoms with Crippen LogP contribution in [0, 0.1) is 23.1 Å². The van der Waals surface area contributed by atoms with Crippen molar-refractivity contribution in [1.82, 2.24) is 14.8 Å². The zero-order valence-corrected chi connectivity index (χ0v) is 23.8.